The third-order valence-corrected chi connectivity index (χ3v) is 5.04. The number of benzene rings is 1. The Labute approximate surface area is 153 Å². The Balaban J connectivity index is 1.80. The van der Waals surface area contributed by atoms with E-state index >= 15 is 0 Å². The minimum Gasteiger partial charge on any atom is -0.466 e. The fourth-order valence-corrected chi connectivity index (χ4v) is 3.68. The monoisotopic (exact) mass is 379 g/mol. The Morgan fingerprint density at radius 2 is 2.12 bits per heavy atom. The maximum absolute atomic E-state index is 12.4. The average Bonchev–Trinajstić information content (AvgIpc) is 3.06. The van der Waals surface area contributed by atoms with Gasteiger partial charge in [-0.2, -0.15) is 0 Å². The molecule has 1 aromatic heterocycles. The average molecular weight is 379 g/mol. The van der Waals surface area contributed by atoms with E-state index in [9.17, 15) is 9.59 Å². The van der Waals surface area contributed by atoms with Crippen LogP contribution in [0.3, 0.4) is 0 Å². The zero-order valence-corrected chi connectivity index (χ0v) is 15.3. The van der Waals surface area contributed by atoms with Crippen molar-refractivity contribution in [2.45, 2.75) is 26.3 Å². The van der Waals surface area contributed by atoms with E-state index in [0.29, 0.717) is 22.1 Å². The van der Waals surface area contributed by atoms with Crippen LogP contribution in [-0.4, -0.2) is 23.9 Å². The van der Waals surface area contributed by atoms with E-state index in [-0.39, 0.29) is 31.3 Å². The second-order valence-electron chi connectivity index (χ2n) is 5.40. The number of ether oxygens (including phenoxy) is 3. The van der Waals surface area contributed by atoms with Gasteiger partial charge in [-0.05, 0) is 42.4 Å². The van der Waals surface area contributed by atoms with Crippen LogP contribution >= 0.6 is 23.6 Å². The molecular weight excluding hydrogens is 362 g/mol. The molecule has 0 bridgehead atoms. The number of carbonyl (C=O) groups is 1. The molecule has 1 aliphatic rings. The van der Waals surface area contributed by atoms with Crippen molar-refractivity contribution >= 4 is 29.5 Å². The number of hydrogen-bond donors (Lipinski definition) is 0. The third-order valence-electron chi connectivity index (χ3n) is 3.60. The number of aromatic nitrogens is 1. The van der Waals surface area contributed by atoms with Crippen LogP contribution in [0.5, 0.6) is 11.5 Å². The molecule has 2 aromatic rings. The molecule has 0 saturated heterocycles. The van der Waals surface area contributed by atoms with E-state index in [2.05, 4.69) is 0 Å². The van der Waals surface area contributed by atoms with Gasteiger partial charge in [-0.1, -0.05) is 6.92 Å². The van der Waals surface area contributed by atoms with Gasteiger partial charge in [0, 0.05) is 17.5 Å². The maximum Gasteiger partial charge on any atom is 0.307 e. The first-order valence-corrected chi connectivity index (χ1v) is 9.11. The van der Waals surface area contributed by atoms with Crippen LogP contribution in [0.4, 0.5) is 0 Å². The predicted molar refractivity (Wildman–Crippen MR) is 96.8 cm³/mol. The molecule has 0 saturated carbocycles. The molecule has 1 aliphatic heterocycles. The van der Waals surface area contributed by atoms with Crippen LogP contribution in [0.1, 0.15) is 19.8 Å². The van der Waals surface area contributed by atoms with Gasteiger partial charge in [0.2, 0.25) is 6.79 Å². The number of fused-ring (bicyclic) bond motifs is 1. The molecule has 1 aromatic carbocycles. The van der Waals surface area contributed by atoms with Crippen LogP contribution in [0.2, 0.25) is 0 Å². The first-order valence-electron chi connectivity index (χ1n) is 7.89. The van der Waals surface area contributed by atoms with Gasteiger partial charge < -0.3 is 14.2 Å². The molecule has 0 fully saturated rings. The van der Waals surface area contributed by atoms with E-state index in [1.54, 1.807) is 0 Å². The lowest BCUT2D eigenvalue weighted by Gasteiger charge is -2.08. The first kappa shape index (κ1) is 17.6. The molecule has 6 nitrogen and oxygen atoms in total. The van der Waals surface area contributed by atoms with Crippen molar-refractivity contribution in [1.29, 1.82) is 0 Å². The minimum absolute atomic E-state index is 0.125. The van der Waals surface area contributed by atoms with Crippen molar-refractivity contribution in [1.82, 2.24) is 4.57 Å². The van der Waals surface area contributed by atoms with Crippen molar-refractivity contribution in [2.24, 2.45) is 0 Å². The standard InChI is InChI=1S/C17H17NO5S2/c1-2-7-21-16(20)5-6-18-15(19)9-14(25-17(18)24)11-3-4-12-13(8-11)23-10-22-12/h3-4,8-9H,2,5-7,10H2,1H3. The summed E-state index contributed by atoms with van der Waals surface area (Å²) in [5.41, 5.74) is 0.603. The van der Waals surface area contributed by atoms with Gasteiger partial charge in [0.1, 0.15) is 0 Å². The molecule has 0 aliphatic carbocycles. The molecule has 3 rings (SSSR count). The fourth-order valence-electron chi connectivity index (χ4n) is 2.34. The van der Waals surface area contributed by atoms with Gasteiger partial charge in [-0.15, -0.1) is 11.3 Å². The summed E-state index contributed by atoms with van der Waals surface area (Å²) in [6.07, 6.45) is 0.893. The summed E-state index contributed by atoms with van der Waals surface area (Å²) >= 11 is 6.65. The summed E-state index contributed by atoms with van der Waals surface area (Å²) in [5.74, 6) is 1.01. The SMILES string of the molecule is CCCOC(=O)CCn1c(=O)cc(-c2ccc3c(c2)OCO3)sc1=S. The molecule has 0 spiro atoms. The lowest BCUT2D eigenvalue weighted by molar-refractivity contribution is -0.143. The highest BCUT2D eigenvalue weighted by Crippen LogP contribution is 2.36. The third kappa shape index (κ3) is 4.08. The zero-order chi connectivity index (χ0) is 17.8. The molecular formula is C17H17NO5S2. The van der Waals surface area contributed by atoms with Crippen molar-refractivity contribution < 1.29 is 19.0 Å². The number of nitrogens with zero attached hydrogens (tertiary/aromatic N) is 1. The van der Waals surface area contributed by atoms with E-state index in [0.717, 1.165) is 16.9 Å². The summed E-state index contributed by atoms with van der Waals surface area (Å²) in [4.78, 5) is 24.7. The largest absolute Gasteiger partial charge is 0.466 e. The molecule has 8 heteroatoms. The molecule has 0 amide bonds. The van der Waals surface area contributed by atoms with Gasteiger partial charge in [0.25, 0.3) is 5.56 Å². The maximum atomic E-state index is 12.4. The molecule has 0 atom stereocenters. The summed E-state index contributed by atoms with van der Waals surface area (Å²) in [7, 11) is 0. The number of carbonyl (C=O) groups excluding carboxylic acids is 1. The van der Waals surface area contributed by atoms with Crippen molar-refractivity contribution in [2.75, 3.05) is 13.4 Å². The van der Waals surface area contributed by atoms with Crippen molar-refractivity contribution in [3.63, 3.8) is 0 Å². The Morgan fingerprint density at radius 3 is 2.88 bits per heavy atom. The minimum atomic E-state index is -0.326. The fraction of sp³-hybridized carbons (Fsp3) is 0.353. The van der Waals surface area contributed by atoms with E-state index in [1.165, 1.54) is 22.0 Å². The van der Waals surface area contributed by atoms with Gasteiger partial charge in [0.05, 0.1) is 13.0 Å². The second kappa shape index (κ2) is 7.79. The Bertz CT molecular complexity index is 871. The van der Waals surface area contributed by atoms with Crippen molar-refractivity contribution in [3.05, 3.63) is 38.6 Å². The topological polar surface area (TPSA) is 66.8 Å². The van der Waals surface area contributed by atoms with Crippen LogP contribution in [-0.2, 0) is 16.1 Å². The Hall–Kier alpha value is -2.19. The van der Waals surface area contributed by atoms with Crippen LogP contribution in [0, 0.1) is 3.95 Å². The Morgan fingerprint density at radius 1 is 1.32 bits per heavy atom. The van der Waals surface area contributed by atoms with Gasteiger partial charge in [-0.25, -0.2) is 0 Å². The number of rotatable bonds is 6. The summed E-state index contributed by atoms with van der Waals surface area (Å²) < 4.78 is 17.5. The zero-order valence-electron chi connectivity index (χ0n) is 13.6. The number of hydrogen-bond acceptors (Lipinski definition) is 7. The van der Waals surface area contributed by atoms with E-state index in [4.69, 9.17) is 26.4 Å². The second-order valence-corrected chi connectivity index (χ2v) is 7.08. The molecule has 2 heterocycles. The van der Waals surface area contributed by atoms with Crippen LogP contribution in [0.25, 0.3) is 10.4 Å². The van der Waals surface area contributed by atoms with Gasteiger partial charge in [0.15, 0.2) is 15.5 Å². The van der Waals surface area contributed by atoms with Crippen molar-refractivity contribution in [3.8, 4) is 21.9 Å². The van der Waals surface area contributed by atoms with Gasteiger partial charge >= 0.3 is 5.97 Å². The summed E-state index contributed by atoms with van der Waals surface area (Å²) in [6.45, 7) is 2.73. The smallest absolute Gasteiger partial charge is 0.307 e. The van der Waals surface area contributed by atoms with Gasteiger partial charge in [-0.3, -0.25) is 14.2 Å². The predicted octanol–water partition coefficient (Wildman–Crippen LogP) is 3.38. The lowest BCUT2D eigenvalue weighted by atomic mass is 10.2. The highest BCUT2D eigenvalue weighted by Gasteiger charge is 2.15. The highest BCUT2D eigenvalue weighted by atomic mass is 32.1. The van der Waals surface area contributed by atoms with Crippen LogP contribution in [0.15, 0.2) is 29.1 Å². The highest BCUT2D eigenvalue weighted by molar-refractivity contribution is 7.73. The first-order chi connectivity index (χ1) is 12.1. The summed E-state index contributed by atoms with van der Waals surface area (Å²) in [6, 6.07) is 7.02. The van der Waals surface area contributed by atoms with E-state index in [1.807, 2.05) is 25.1 Å². The lowest BCUT2D eigenvalue weighted by Crippen LogP contribution is -2.21. The van der Waals surface area contributed by atoms with Crippen LogP contribution < -0.4 is 15.0 Å². The molecule has 0 radical (unpaired) electrons. The molecule has 0 N–H and O–H groups in total. The molecule has 0 unspecified atom stereocenters. The molecule has 132 valence electrons. The summed E-state index contributed by atoms with van der Waals surface area (Å²) in [5, 5.41) is 0. The Kier molecular flexibility index (Phi) is 5.50. The molecule has 25 heavy (non-hydrogen) atoms. The normalized spacial score (nSPS) is 12.2. The van der Waals surface area contributed by atoms with E-state index < -0.39 is 0 Å². The number of esters is 1. The quantitative estimate of drug-likeness (QED) is 0.566.